The molecule has 8 nitrogen and oxygen atoms in total. The van der Waals surface area contributed by atoms with Crippen molar-refractivity contribution in [1.29, 1.82) is 0 Å². The highest BCUT2D eigenvalue weighted by Crippen LogP contribution is 2.25. The largest absolute Gasteiger partial charge is 0.381 e. The van der Waals surface area contributed by atoms with Crippen LogP contribution in [-0.4, -0.2) is 57.2 Å². The number of rotatable bonds is 5. The molecule has 3 heterocycles. The minimum absolute atomic E-state index is 0.169. The van der Waals surface area contributed by atoms with E-state index in [1.54, 1.807) is 20.0 Å². The first-order valence-corrected chi connectivity index (χ1v) is 10.1. The van der Waals surface area contributed by atoms with E-state index in [2.05, 4.69) is 40.8 Å². The molecule has 1 aliphatic heterocycles. The topological polar surface area (TPSA) is 95.6 Å². The minimum atomic E-state index is -1.18. The summed E-state index contributed by atoms with van der Waals surface area (Å²) in [6.45, 7) is 12.5. The lowest BCUT2D eigenvalue weighted by Crippen LogP contribution is -2.49. The quantitative estimate of drug-likeness (QED) is 0.823. The van der Waals surface area contributed by atoms with Gasteiger partial charge in [0.2, 0.25) is 11.7 Å². The predicted molar refractivity (Wildman–Crippen MR) is 110 cm³/mol. The van der Waals surface area contributed by atoms with Gasteiger partial charge in [0.05, 0.1) is 0 Å². The Balaban J connectivity index is 1.62. The SMILES string of the molecule is CC(C)(C)CCC(=O)N1CCN(c2cc(-c3noc(C(C)(C)O)n3)ccn2)CC1. The Morgan fingerprint density at radius 1 is 1.17 bits per heavy atom. The van der Waals surface area contributed by atoms with Crippen LogP contribution in [0.2, 0.25) is 0 Å². The predicted octanol–water partition coefficient (Wildman–Crippen LogP) is 2.83. The van der Waals surface area contributed by atoms with Gasteiger partial charge in [-0.2, -0.15) is 4.98 Å². The molecule has 8 heteroatoms. The Hall–Kier alpha value is -2.48. The maximum absolute atomic E-state index is 12.5. The van der Waals surface area contributed by atoms with Crippen LogP contribution in [-0.2, 0) is 10.4 Å². The molecule has 1 aliphatic rings. The average Bonchev–Trinajstić information content (AvgIpc) is 3.16. The molecule has 0 aromatic carbocycles. The molecule has 1 saturated heterocycles. The number of piperazine rings is 1. The highest BCUT2D eigenvalue weighted by molar-refractivity contribution is 5.76. The van der Waals surface area contributed by atoms with Crippen LogP contribution in [0.15, 0.2) is 22.9 Å². The summed E-state index contributed by atoms with van der Waals surface area (Å²) >= 11 is 0. The van der Waals surface area contributed by atoms with E-state index in [-0.39, 0.29) is 17.2 Å². The van der Waals surface area contributed by atoms with Gasteiger partial charge < -0.3 is 19.4 Å². The first kappa shape index (κ1) is 21.2. The molecule has 0 bridgehead atoms. The normalized spacial score (nSPS) is 15.7. The lowest BCUT2D eigenvalue weighted by Gasteiger charge is -2.36. The summed E-state index contributed by atoms with van der Waals surface area (Å²) in [6.07, 6.45) is 3.21. The zero-order valence-electron chi connectivity index (χ0n) is 18.0. The monoisotopic (exact) mass is 401 g/mol. The van der Waals surface area contributed by atoms with E-state index in [4.69, 9.17) is 4.52 Å². The van der Waals surface area contributed by atoms with Crippen molar-refractivity contribution in [2.24, 2.45) is 5.41 Å². The van der Waals surface area contributed by atoms with Gasteiger partial charge in [-0.05, 0) is 37.8 Å². The van der Waals surface area contributed by atoms with Crippen LogP contribution in [0.4, 0.5) is 5.82 Å². The fourth-order valence-corrected chi connectivity index (χ4v) is 3.14. The van der Waals surface area contributed by atoms with Crippen LogP contribution in [0.25, 0.3) is 11.4 Å². The number of amides is 1. The molecule has 2 aromatic heterocycles. The van der Waals surface area contributed by atoms with Gasteiger partial charge in [0.1, 0.15) is 11.4 Å². The zero-order chi connectivity index (χ0) is 21.2. The first-order valence-electron chi connectivity index (χ1n) is 10.1. The maximum atomic E-state index is 12.5. The average molecular weight is 402 g/mol. The Bertz CT molecular complexity index is 842. The fraction of sp³-hybridized carbons (Fsp3) is 0.619. The zero-order valence-corrected chi connectivity index (χ0v) is 18.0. The third kappa shape index (κ3) is 5.53. The molecule has 2 aromatic rings. The summed E-state index contributed by atoms with van der Waals surface area (Å²) in [5, 5.41) is 14.0. The Labute approximate surface area is 171 Å². The van der Waals surface area contributed by atoms with E-state index in [0.29, 0.717) is 25.3 Å². The number of anilines is 1. The van der Waals surface area contributed by atoms with E-state index in [9.17, 15) is 9.90 Å². The van der Waals surface area contributed by atoms with Gasteiger partial charge in [0.15, 0.2) is 0 Å². The number of hydrogen-bond donors (Lipinski definition) is 1. The maximum Gasteiger partial charge on any atom is 0.258 e. The highest BCUT2D eigenvalue weighted by Gasteiger charge is 2.26. The number of carbonyl (C=O) groups is 1. The van der Waals surface area contributed by atoms with E-state index in [1.165, 1.54) is 0 Å². The molecule has 29 heavy (non-hydrogen) atoms. The molecule has 158 valence electrons. The van der Waals surface area contributed by atoms with Crippen LogP contribution < -0.4 is 4.90 Å². The molecule has 1 fully saturated rings. The van der Waals surface area contributed by atoms with Crippen molar-refractivity contribution in [1.82, 2.24) is 20.0 Å². The fourth-order valence-electron chi connectivity index (χ4n) is 3.14. The lowest BCUT2D eigenvalue weighted by atomic mass is 9.90. The van der Waals surface area contributed by atoms with Gasteiger partial charge in [0, 0.05) is 44.4 Å². The summed E-state index contributed by atoms with van der Waals surface area (Å²) in [7, 11) is 0. The molecule has 0 unspecified atom stereocenters. The second kappa shape index (κ2) is 8.10. The number of aromatic nitrogens is 3. The van der Waals surface area contributed by atoms with Crippen molar-refractivity contribution in [2.75, 3.05) is 31.1 Å². The van der Waals surface area contributed by atoms with Crippen molar-refractivity contribution < 1.29 is 14.4 Å². The molecule has 1 amide bonds. The summed E-state index contributed by atoms with van der Waals surface area (Å²) in [4.78, 5) is 25.3. The first-order chi connectivity index (χ1) is 13.5. The van der Waals surface area contributed by atoms with Gasteiger partial charge in [-0.1, -0.05) is 25.9 Å². The Morgan fingerprint density at radius 2 is 1.86 bits per heavy atom. The standard InChI is InChI=1S/C21H31N5O3/c1-20(2,3)8-6-17(27)26-12-10-25(11-13-26)16-14-15(7-9-22-16)18-23-19(29-24-18)21(4,5)28/h7,9,14,28H,6,8,10-13H2,1-5H3. The number of nitrogens with zero attached hydrogens (tertiary/aromatic N) is 5. The van der Waals surface area contributed by atoms with E-state index >= 15 is 0 Å². The molecule has 0 saturated carbocycles. The third-order valence-electron chi connectivity index (χ3n) is 5.00. The van der Waals surface area contributed by atoms with Gasteiger partial charge in [-0.25, -0.2) is 4.98 Å². The van der Waals surface area contributed by atoms with Crippen molar-refractivity contribution in [2.45, 2.75) is 53.1 Å². The molecule has 0 spiro atoms. The van der Waals surface area contributed by atoms with Gasteiger partial charge >= 0.3 is 0 Å². The molecular formula is C21H31N5O3. The van der Waals surface area contributed by atoms with E-state index < -0.39 is 5.60 Å². The van der Waals surface area contributed by atoms with Gasteiger partial charge in [-0.3, -0.25) is 4.79 Å². The summed E-state index contributed by atoms with van der Waals surface area (Å²) < 4.78 is 5.17. The molecule has 0 radical (unpaired) electrons. The summed E-state index contributed by atoms with van der Waals surface area (Å²) in [5.41, 5.74) is -0.239. The third-order valence-corrected chi connectivity index (χ3v) is 5.00. The second-order valence-corrected chi connectivity index (χ2v) is 9.31. The molecule has 0 atom stereocenters. The van der Waals surface area contributed by atoms with Crippen LogP contribution in [0.3, 0.4) is 0 Å². The number of aliphatic hydroxyl groups is 1. The number of hydrogen-bond acceptors (Lipinski definition) is 7. The van der Waals surface area contributed by atoms with Crippen LogP contribution in [0.5, 0.6) is 0 Å². The van der Waals surface area contributed by atoms with E-state index in [1.807, 2.05) is 17.0 Å². The molecule has 3 rings (SSSR count). The van der Waals surface area contributed by atoms with E-state index in [0.717, 1.165) is 30.9 Å². The summed E-state index contributed by atoms with van der Waals surface area (Å²) in [6, 6.07) is 3.73. The molecule has 1 N–H and O–H groups in total. The van der Waals surface area contributed by atoms with Crippen molar-refractivity contribution in [3.05, 3.63) is 24.2 Å². The number of pyridine rings is 1. The highest BCUT2D eigenvalue weighted by atomic mass is 16.5. The Morgan fingerprint density at radius 3 is 2.45 bits per heavy atom. The van der Waals surface area contributed by atoms with Crippen molar-refractivity contribution in [3.63, 3.8) is 0 Å². The number of carbonyl (C=O) groups excluding carboxylic acids is 1. The van der Waals surface area contributed by atoms with Crippen molar-refractivity contribution >= 4 is 11.7 Å². The minimum Gasteiger partial charge on any atom is -0.381 e. The molecule has 0 aliphatic carbocycles. The molecular weight excluding hydrogens is 370 g/mol. The van der Waals surface area contributed by atoms with Gasteiger partial charge in [-0.15, -0.1) is 0 Å². The van der Waals surface area contributed by atoms with Crippen LogP contribution >= 0.6 is 0 Å². The summed E-state index contributed by atoms with van der Waals surface area (Å²) in [5.74, 6) is 1.64. The smallest absolute Gasteiger partial charge is 0.258 e. The van der Waals surface area contributed by atoms with Crippen LogP contribution in [0, 0.1) is 5.41 Å². The second-order valence-electron chi connectivity index (χ2n) is 9.31. The van der Waals surface area contributed by atoms with Crippen LogP contribution in [0.1, 0.15) is 53.4 Å². The van der Waals surface area contributed by atoms with Gasteiger partial charge in [0.25, 0.3) is 5.89 Å². The van der Waals surface area contributed by atoms with Crippen molar-refractivity contribution in [3.8, 4) is 11.4 Å². The lowest BCUT2D eigenvalue weighted by molar-refractivity contribution is -0.132. The Kier molecular flexibility index (Phi) is 5.93.